The fraction of sp³-hybridized carbons (Fsp3) is 1.00. The van der Waals surface area contributed by atoms with Crippen LogP contribution in [-0.2, 0) is 0 Å². The van der Waals surface area contributed by atoms with Gasteiger partial charge in [0.25, 0.3) is 0 Å². The molecule has 0 unspecified atom stereocenters. The van der Waals surface area contributed by atoms with Crippen LogP contribution in [0.1, 0.15) is 27.2 Å². The highest BCUT2D eigenvalue weighted by atomic mass is 15.4. The Bertz CT molecular complexity index is 27.7. The molecular weight excluding hydrogens is 100 g/mol. The second kappa shape index (κ2) is 10.0. The Hall–Kier alpha value is -0.0800. The van der Waals surface area contributed by atoms with Gasteiger partial charge in [-0.15, -0.1) is 0 Å². The maximum Gasteiger partial charge on any atom is 0.0122 e. The van der Waals surface area contributed by atoms with Gasteiger partial charge in [0, 0.05) is 13.6 Å². The number of hydrogen-bond acceptors (Lipinski definition) is 2. The number of nitrogens with two attached hydrogens (primary N) is 1. The third-order valence-corrected chi connectivity index (χ3v) is 0.576. The van der Waals surface area contributed by atoms with Crippen molar-refractivity contribution in [3.8, 4) is 0 Å². The average Bonchev–Trinajstić information content (AvgIpc) is 1.72. The van der Waals surface area contributed by atoms with Gasteiger partial charge in [-0.25, -0.2) is 0 Å². The molecule has 0 fully saturated rings. The first kappa shape index (κ1) is 10.8. The standard InChI is InChI=1S/C4H12N2.C2H6/c1-3-4-6(2)5;1-2/h3-5H2,1-2H3;1-2H3. The SMILES string of the molecule is CC.CCCN(C)N. The van der Waals surface area contributed by atoms with E-state index in [1.807, 2.05) is 20.9 Å². The summed E-state index contributed by atoms with van der Waals surface area (Å²) in [5.74, 6) is 5.24. The van der Waals surface area contributed by atoms with Gasteiger partial charge < -0.3 is 0 Å². The maximum atomic E-state index is 5.24. The summed E-state index contributed by atoms with van der Waals surface area (Å²) in [5, 5.41) is 1.68. The predicted molar refractivity (Wildman–Crippen MR) is 38.5 cm³/mol. The van der Waals surface area contributed by atoms with Crippen LogP contribution >= 0.6 is 0 Å². The summed E-state index contributed by atoms with van der Waals surface area (Å²) in [6, 6.07) is 0. The molecule has 0 bridgehead atoms. The van der Waals surface area contributed by atoms with Crippen LogP contribution in [0.5, 0.6) is 0 Å². The van der Waals surface area contributed by atoms with Gasteiger partial charge in [0.2, 0.25) is 0 Å². The Kier molecular flexibility index (Phi) is 13.6. The molecule has 0 spiro atoms. The molecule has 2 nitrogen and oxygen atoms in total. The van der Waals surface area contributed by atoms with Crippen molar-refractivity contribution in [1.82, 2.24) is 5.01 Å². The normalized spacial score (nSPS) is 8.25. The first-order chi connectivity index (χ1) is 3.77. The summed E-state index contributed by atoms with van der Waals surface area (Å²) in [6.07, 6.45) is 1.13. The Morgan fingerprint density at radius 1 is 1.38 bits per heavy atom. The second-order valence-electron chi connectivity index (χ2n) is 1.48. The number of hydrazine groups is 1. The lowest BCUT2D eigenvalue weighted by Gasteiger charge is -2.03. The first-order valence-electron chi connectivity index (χ1n) is 3.23. The minimum Gasteiger partial charge on any atom is -0.269 e. The van der Waals surface area contributed by atoms with Crippen LogP contribution in [0.25, 0.3) is 0 Å². The van der Waals surface area contributed by atoms with Gasteiger partial charge in [0.1, 0.15) is 0 Å². The average molecular weight is 118 g/mol. The van der Waals surface area contributed by atoms with Gasteiger partial charge in [0.05, 0.1) is 0 Å². The summed E-state index contributed by atoms with van der Waals surface area (Å²) >= 11 is 0. The van der Waals surface area contributed by atoms with Gasteiger partial charge in [-0.1, -0.05) is 20.8 Å². The van der Waals surface area contributed by atoms with Crippen molar-refractivity contribution < 1.29 is 0 Å². The molecule has 0 aromatic carbocycles. The van der Waals surface area contributed by atoms with Crippen LogP contribution in [0.3, 0.4) is 0 Å². The zero-order valence-electron chi connectivity index (χ0n) is 6.44. The van der Waals surface area contributed by atoms with Crippen molar-refractivity contribution in [1.29, 1.82) is 0 Å². The molecule has 0 aliphatic heterocycles. The van der Waals surface area contributed by atoms with E-state index in [9.17, 15) is 0 Å². The predicted octanol–water partition coefficient (Wildman–Crippen LogP) is 1.23. The summed E-state index contributed by atoms with van der Waals surface area (Å²) < 4.78 is 0. The molecule has 0 aliphatic rings. The van der Waals surface area contributed by atoms with E-state index in [0.717, 1.165) is 13.0 Å². The van der Waals surface area contributed by atoms with E-state index in [1.54, 1.807) is 5.01 Å². The van der Waals surface area contributed by atoms with Gasteiger partial charge in [-0.2, -0.15) is 0 Å². The molecule has 8 heavy (non-hydrogen) atoms. The highest BCUT2D eigenvalue weighted by molar-refractivity contribution is 4.31. The lowest BCUT2D eigenvalue weighted by molar-refractivity contribution is 0.350. The highest BCUT2D eigenvalue weighted by Crippen LogP contribution is 1.72. The van der Waals surface area contributed by atoms with Crippen LogP contribution in [-0.4, -0.2) is 18.6 Å². The lowest BCUT2D eigenvalue weighted by Crippen LogP contribution is -2.26. The molecule has 0 aromatic heterocycles. The minimum atomic E-state index is 0.986. The van der Waals surface area contributed by atoms with Gasteiger partial charge in [-0.05, 0) is 6.42 Å². The molecule has 52 valence electrons. The molecule has 0 saturated heterocycles. The van der Waals surface area contributed by atoms with Gasteiger partial charge in [0.15, 0.2) is 0 Å². The number of nitrogens with zero attached hydrogens (tertiary/aromatic N) is 1. The van der Waals surface area contributed by atoms with Gasteiger partial charge in [-0.3, -0.25) is 10.9 Å². The van der Waals surface area contributed by atoms with Crippen LogP contribution in [0, 0.1) is 0 Å². The number of rotatable bonds is 2. The van der Waals surface area contributed by atoms with Crippen LogP contribution in [0.2, 0.25) is 0 Å². The van der Waals surface area contributed by atoms with E-state index < -0.39 is 0 Å². The summed E-state index contributed by atoms with van der Waals surface area (Å²) in [4.78, 5) is 0. The van der Waals surface area contributed by atoms with E-state index in [4.69, 9.17) is 5.84 Å². The topological polar surface area (TPSA) is 29.3 Å². The van der Waals surface area contributed by atoms with Crippen LogP contribution in [0.15, 0.2) is 0 Å². The first-order valence-corrected chi connectivity index (χ1v) is 3.23. The van der Waals surface area contributed by atoms with Crippen molar-refractivity contribution in [3.63, 3.8) is 0 Å². The molecule has 0 aliphatic carbocycles. The van der Waals surface area contributed by atoms with E-state index >= 15 is 0 Å². The second-order valence-corrected chi connectivity index (χ2v) is 1.48. The monoisotopic (exact) mass is 118 g/mol. The maximum absolute atomic E-state index is 5.24. The Morgan fingerprint density at radius 3 is 1.75 bits per heavy atom. The minimum absolute atomic E-state index is 0.986. The molecule has 0 radical (unpaired) electrons. The molecule has 2 heteroatoms. The zero-order chi connectivity index (χ0) is 6.99. The summed E-state index contributed by atoms with van der Waals surface area (Å²) in [7, 11) is 1.86. The Balaban J connectivity index is 0. The van der Waals surface area contributed by atoms with Crippen molar-refractivity contribution in [3.05, 3.63) is 0 Å². The zero-order valence-corrected chi connectivity index (χ0v) is 6.44. The quantitative estimate of drug-likeness (QED) is 0.436. The third kappa shape index (κ3) is 16.8. The Labute approximate surface area is 52.6 Å². The summed E-state index contributed by atoms with van der Waals surface area (Å²) in [6.45, 7) is 7.09. The van der Waals surface area contributed by atoms with Crippen molar-refractivity contribution in [2.24, 2.45) is 5.84 Å². The smallest absolute Gasteiger partial charge is 0.0122 e. The molecule has 0 atom stereocenters. The van der Waals surface area contributed by atoms with E-state index in [0.29, 0.717) is 0 Å². The largest absolute Gasteiger partial charge is 0.269 e. The Morgan fingerprint density at radius 2 is 1.75 bits per heavy atom. The van der Waals surface area contributed by atoms with Crippen molar-refractivity contribution in [2.45, 2.75) is 27.2 Å². The third-order valence-electron chi connectivity index (χ3n) is 0.576. The highest BCUT2D eigenvalue weighted by Gasteiger charge is 1.79. The molecular formula is C6H18N2. The van der Waals surface area contributed by atoms with E-state index in [1.165, 1.54) is 0 Å². The molecule has 0 saturated carbocycles. The van der Waals surface area contributed by atoms with Gasteiger partial charge >= 0.3 is 0 Å². The van der Waals surface area contributed by atoms with Crippen LogP contribution in [0.4, 0.5) is 0 Å². The van der Waals surface area contributed by atoms with Crippen molar-refractivity contribution >= 4 is 0 Å². The molecule has 0 amide bonds. The fourth-order valence-corrected chi connectivity index (χ4v) is 0.353. The van der Waals surface area contributed by atoms with E-state index in [-0.39, 0.29) is 0 Å². The fourth-order valence-electron chi connectivity index (χ4n) is 0.353. The molecule has 2 N–H and O–H groups in total. The van der Waals surface area contributed by atoms with E-state index in [2.05, 4.69) is 6.92 Å². The molecule has 0 heterocycles. The van der Waals surface area contributed by atoms with Crippen molar-refractivity contribution in [2.75, 3.05) is 13.6 Å². The lowest BCUT2D eigenvalue weighted by atomic mass is 10.5. The summed E-state index contributed by atoms with van der Waals surface area (Å²) in [5.41, 5.74) is 0. The number of hydrogen-bond donors (Lipinski definition) is 1. The van der Waals surface area contributed by atoms with Crippen LogP contribution < -0.4 is 5.84 Å². The molecule has 0 aromatic rings. The molecule has 0 rings (SSSR count).